The molecule has 0 aliphatic heterocycles. The van der Waals surface area contributed by atoms with Crippen LogP contribution < -0.4 is 0 Å². The highest BCUT2D eigenvalue weighted by atomic mass is 16.3. The van der Waals surface area contributed by atoms with Gasteiger partial charge in [-0.15, -0.1) is 0 Å². The molecule has 1 aromatic heterocycles. The number of hydrogen-bond acceptors (Lipinski definition) is 3. The first-order valence-corrected chi connectivity index (χ1v) is 6.65. The molecule has 0 N–H and O–H groups in total. The Labute approximate surface area is 118 Å². The Morgan fingerprint density at radius 3 is 2.65 bits per heavy atom. The Hall–Kier alpha value is -2.34. The van der Waals surface area contributed by atoms with E-state index in [0.717, 1.165) is 16.7 Å². The lowest BCUT2D eigenvalue weighted by Crippen LogP contribution is -2.12. The van der Waals surface area contributed by atoms with Crippen LogP contribution in [0, 0.1) is 25.2 Å². The molecule has 0 spiro atoms. The molecule has 0 bridgehead atoms. The third kappa shape index (κ3) is 2.50. The van der Waals surface area contributed by atoms with Crippen LogP contribution >= 0.6 is 0 Å². The molecular weight excluding hydrogens is 250 g/mol. The van der Waals surface area contributed by atoms with Gasteiger partial charge in [-0.25, -0.2) is 0 Å². The SMILES string of the molecule is CCc1occc1C(=O)C(C#N)c1ccc(C)c(C)c1. The van der Waals surface area contributed by atoms with E-state index < -0.39 is 5.92 Å². The van der Waals surface area contributed by atoms with Crippen molar-refractivity contribution in [3.8, 4) is 6.07 Å². The molecule has 3 nitrogen and oxygen atoms in total. The third-order valence-corrected chi connectivity index (χ3v) is 3.59. The van der Waals surface area contributed by atoms with Crippen LogP contribution in [0.1, 0.15) is 45.7 Å². The van der Waals surface area contributed by atoms with Gasteiger partial charge in [0, 0.05) is 6.42 Å². The van der Waals surface area contributed by atoms with E-state index in [4.69, 9.17) is 4.42 Å². The van der Waals surface area contributed by atoms with E-state index in [1.165, 1.54) is 6.26 Å². The summed E-state index contributed by atoms with van der Waals surface area (Å²) in [7, 11) is 0. The van der Waals surface area contributed by atoms with Crippen LogP contribution in [0.15, 0.2) is 34.9 Å². The van der Waals surface area contributed by atoms with Crippen molar-refractivity contribution in [2.24, 2.45) is 0 Å². The molecule has 1 aromatic carbocycles. The summed E-state index contributed by atoms with van der Waals surface area (Å²) >= 11 is 0. The van der Waals surface area contributed by atoms with Gasteiger partial charge in [-0.05, 0) is 36.6 Å². The van der Waals surface area contributed by atoms with Gasteiger partial charge in [0.15, 0.2) is 5.78 Å². The average molecular weight is 267 g/mol. The highest BCUT2D eigenvalue weighted by Crippen LogP contribution is 2.25. The fraction of sp³-hybridized carbons (Fsp3) is 0.294. The molecule has 1 atom stereocenters. The highest BCUT2D eigenvalue weighted by Gasteiger charge is 2.25. The number of nitriles is 1. The second kappa shape index (κ2) is 5.75. The highest BCUT2D eigenvalue weighted by molar-refractivity contribution is 6.03. The molecule has 102 valence electrons. The van der Waals surface area contributed by atoms with Crippen LogP contribution in [0.25, 0.3) is 0 Å². The van der Waals surface area contributed by atoms with Crippen LogP contribution in [0.4, 0.5) is 0 Å². The van der Waals surface area contributed by atoms with Crippen molar-refractivity contribution in [3.63, 3.8) is 0 Å². The van der Waals surface area contributed by atoms with E-state index in [9.17, 15) is 10.1 Å². The van der Waals surface area contributed by atoms with E-state index in [0.29, 0.717) is 17.7 Å². The first kappa shape index (κ1) is 14.1. The van der Waals surface area contributed by atoms with Crippen molar-refractivity contribution in [1.29, 1.82) is 5.26 Å². The molecule has 0 aliphatic rings. The zero-order valence-corrected chi connectivity index (χ0v) is 11.9. The molecule has 1 unspecified atom stereocenters. The van der Waals surface area contributed by atoms with Crippen molar-refractivity contribution in [3.05, 3.63) is 58.5 Å². The van der Waals surface area contributed by atoms with Gasteiger partial charge in [-0.3, -0.25) is 4.79 Å². The number of carbonyl (C=O) groups excluding carboxylic acids is 1. The van der Waals surface area contributed by atoms with E-state index >= 15 is 0 Å². The smallest absolute Gasteiger partial charge is 0.187 e. The Morgan fingerprint density at radius 1 is 1.30 bits per heavy atom. The summed E-state index contributed by atoms with van der Waals surface area (Å²) in [6.07, 6.45) is 2.14. The maximum atomic E-state index is 12.5. The number of Topliss-reactive ketones (excluding diaryl/α,β-unsaturated/α-hetero) is 1. The van der Waals surface area contributed by atoms with Crippen molar-refractivity contribution in [2.45, 2.75) is 33.1 Å². The topological polar surface area (TPSA) is 54.0 Å². The monoisotopic (exact) mass is 267 g/mol. The maximum absolute atomic E-state index is 12.5. The van der Waals surface area contributed by atoms with Gasteiger partial charge in [0.1, 0.15) is 11.7 Å². The average Bonchev–Trinajstić information content (AvgIpc) is 2.91. The summed E-state index contributed by atoms with van der Waals surface area (Å²) < 4.78 is 5.28. The van der Waals surface area contributed by atoms with Crippen LogP contribution in [-0.2, 0) is 6.42 Å². The molecule has 1 heterocycles. The van der Waals surface area contributed by atoms with E-state index in [1.54, 1.807) is 6.07 Å². The van der Waals surface area contributed by atoms with Crippen LogP contribution in [0.5, 0.6) is 0 Å². The van der Waals surface area contributed by atoms with Gasteiger partial charge in [-0.2, -0.15) is 5.26 Å². The molecule has 3 heteroatoms. The largest absolute Gasteiger partial charge is 0.469 e. The normalized spacial score (nSPS) is 11.9. The molecule has 0 aliphatic carbocycles. The molecule has 0 amide bonds. The number of ketones is 1. The molecule has 2 rings (SSSR count). The van der Waals surface area contributed by atoms with Crippen LogP contribution in [0.3, 0.4) is 0 Å². The summed E-state index contributed by atoms with van der Waals surface area (Å²) in [6, 6.07) is 9.46. The summed E-state index contributed by atoms with van der Waals surface area (Å²) in [5, 5.41) is 9.37. The zero-order chi connectivity index (χ0) is 14.7. The quantitative estimate of drug-likeness (QED) is 0.788. The van der Waals surface area contributed by atoms with Crippen molar-refractivity contribution in [2.75, 3.05) is 0 Å². The van der Waals surface area contributed by atoms with Gasteiger partial charge >= 0.3 is 0 Å². The number of rotatable bonds is 4. The summed E-state index contributed by atoms with van der Waals surface area (Å²) in [6.45, 7) is 5.91. The predicted octanol–water partition coefficient (Wildman–Crippen LogP) is 3.95. The van der Waals surface area contributed by atoms with E-state index in [2.05, 4.69) is 6.07 Å². The Morgan fingerprint density at radius 2 is 2.05 bits per heavy atom. The minimum absolute atomic E-state index is 0.193. The van der Waals surface area contributed by atoms with Gasteiger partial charge in [0.05, 0.1) is 17.9 Å². The minimum atomic E-state index is -0.780. The van der Waals surface area contributed by atoms with Gasteiger partial charge in [0.2, 0.25) is 0 Å². The molecule has 0 radical (unpaired) electrons. The lowest BCUT2D eigenvalue weighted by molar-refractivity contribution is 0.0977. The van der Waals surface area contributed by atoms with Crippen molar-refractivity contribution in [1.82, 2.24) is 0 Å². The van der Waals surface area contributed by atoms with E-state index in [1.807, 2.05) is 39.0 Å². The van der Waals surface area contributed by atoms with Gasteiger partial charge in [-0.1, -0.05) is 25.1 Å². The third-order valence-electron chi connectivity index (χ3n) is 3.59. The fourth-order valence-corrected chi connectivity index (χ4v) is 2.22. The number of nitrogens with zero attached hydrogens (tertiary/aromatic N) is 1. The van der Waals surface area contributed by atoms with E-state index in [-0.39, 0.29) is 5.78 Å². The van der Waals surface area contributed by atoms with Crippen LogP contribution in [0.2, 0.25) is 0 Å². The Bertz CT molecular complexity index is 677. The van der Waals surface area contributed by atoms with Gasteiger partial charge < -0.3 is 4.42 Å². The lowest BCUT2D eigenvalue weighted by Gasteiger charge is -2.10. The number of hydrogen-bond donors (Lipinski definition) is 0. The molecule has 0 saturated heterocycles. The Balaban J connectivity index is 2.40. The number of furan rings is 1. The first-order valence-electron chi connectivity index (χ1n) is 6.65. The second-order valence-electron chi connectivity index (χ2n) is 4.88. The van der Waals surface area contributed by atoms with Crippen LogP contribution in [-0.4, -0.2) is 5.78 Å². The van der Waals surface area contributed by atoms with Crippen molar-refractivity contribution < 1.29 is 9.21 Å². The number of carbonyl (C=O) groups is 1. The molecule has 20 heavy (non-hydrogen) atoms. The minimum Gasteiger partial charge on any atom is -0.469 e. The fourth-order valence-electron chi connectivity index (χ4n) is 2.22. The van der Waals surface area contributed by atoms with Crippen molar-refractivity contribution >= 4 is 5.78 Å². The number of aryl methyl sites for hydroxylation is 3. The van der Waals surface area contributed by atoms with Gasteiger partial charge in [0.25, 0.3) is 0 Å². The molecule has 2 aromatic rings. The molecular formula is C17H17NO2. The summed E-state index contributed by atoms with van der Waals surface area (Å²) in [4.78, 5) is 12.5. The standard InChI is InChI=1S/C17H17NO2/c1-4-16-14(7-8-20-16)17(19)15(10-18)13-6-5-11(2)12(3)9-13/h5-9,15H,4H2,1-3H3. The lowest BCUT2D eigenvalue weighted by atomic mass is 9.90. The maximum Gasteiger partial charge on any atom is 0.187 e. The zero-order valence-electron chi connectivity index (χ0n) is 11.9. The predicted molar refractivity (Wildman–Crippen MR) is 76.7 cm³/mol. The summed E-state index contributed by atoms with van der Waals surface area (Å²) in [5.74, 6) is -0.336. The Kier molecular flexibility index (Phi) is 4.05. The first-order chi connectivity index (χ1) is 9.58. The molecule has 0 fully saturated rings. The summed E-state index contributed by atoms with van der Waals surface area (Å²) in [5.41, 5.74) is 3.48. The molecule has 0 saturated carbocycles. The number of benzene rings is 1. The second-order valence-corrected chi connectivity index (χ2v) is 4.88.